The van der Waals surface area contributed by atoms with Crippen molar-refractivity contribution in [1.82, 2.24) is 0 Å². The molecule has 5 aliphatic carbocycles. The van der Waals surface area contributed by atoms with Crippen LogP contribution in [0.5, 0.6) is 0 Å². The first-order valence-corrected chi connectivity index (χ1v) is 27.1. The summed E-state index contributed by atoms with van der Waals surface area (Å²) in [5, 5.41) is 177. The minimum Gasteiger partial charge on any atom is -0.479 e. The summed E-state index contributed by atoms with van der Waals surface area (Å²) in [6.45, 7) is 9.16. The molecule has 9 aliphatic rings. The van der Waals surface area contributed by atoms with Gasteiger partial charge >= 0.3 is 5.97 Å². The number of rotatable bonds is 12. The van der Waals surface area contributed by atoms with Gasteiger partial charge in [0.2, 0.25) is 0 Å². The Morgan fingerprint density at radius 1 is 0.610 bits per heavy atom. The molecule has 0 bridgehead atoms. The van der Waals surface area contributed by atoms with E-state index in [1.165, 1.54) is 0 Å². The van der Waals surface area contributed by atoms with E-state index in [4.69, 9.17) is 37.9 Å². The number of carboxylic acids is 1. The number of allylic oxidation sites excluding steroid dienone is 2. The molecule has 0 aromatic carbocycles. The Hall–Kier alpha value is -1.71. The smallest absolute Gasteiger partial charge is 0.335 e. The predicted octanol–water partition coefficient (Wildman–Crippen LogP) is -4.31. The second-order valence-electron chi connectivity index (χ2n) is 25.5. The Morgan fingerprint density at radius 3 is 1.87 bits per heavy atom. The zero-order valence-corrected chi connectivity index (χ0v) is 44.3. The van der Waals surface area contributed by atoms with Crippen LogP contribution in [0.1, 0.15) is 86.5 Å². The third kappa shape index (κ3) is 9.30. The summed E-state index contributed by atoms with van der Waals surface area (Å²) in [6.07, 6.45) is -33.4. The summed E-state index contributed by atoms with van der Waals surface area (Å²) >= 11 is 0. The number of hydrogen-bond donors (Lipinski definition) is 16. The van der Waals surface area contributed by atoms with Gasteiger partial charge in [0.05, 0.1) is 62.9 Å². The molecule has 0 aromatic rings. The SMILES string of the molecule is CC1(C)C[C@H]2C3=CC[C@H]4[C@@]5(C)CC[C@H](O[C@@H]6O[C@H](C(=O)O)[C@@H](O)[C@H](O[C@@H]7OC[C@H](O)[C@H](O)[C@H]7O[C@@H]7OC[C@@H](O)[C@H](O)[C@H]7O)[C@H]6O[C@@H]6O[C@H](CO)[C@H](O)[C@H](O)[C@H]6O)[C@@](C)(CO)[C@@H]5CC[C@@]4(C)[C@]3(C)C[C@@H](O)[C@@]2(CO)[C@@H](O)[C@@H]1O. The number of fused-ring (bicyclic) bond motifs is 7. The van der Waals surface area contributed by atoms with Gasteiger partial charge in [-0.3, -0.25) is 0 Å². The summed E-state index contributed by atoms with van der Waals surface area (Å²) in [6, 6.07) is 0. The maximum absolute atomic E-state index is 13.1. The summed E-state index contributed by atoms with van der Waals surface area (Å²) in [7, 11) is 0. The van der Waals surface area contributed by atoms with Crippen LogP contribution in [0, 0.1) is 50.2 Å². The van der Waals surface area contributed by atoms with Crippen molar-refractivity contribution in [3.8, 4) is 0 Å². The zero-order chi connectivity index (χ0) is 56.4. The number of aliphatic carboxylic acids is 1. The van der Waals surface area contributed by atoms with E-state index in [0.717, 1.165) is 5.57 Å². The first-order valence-electron chi connectivity index (χ1n) is 27.1. The van der Waals surface area contributed by atoms with Crippen LogP contribution in [-0.4, -0.2) is 256 Å². The van der Waals surface area contributed by atoms with Crippen molar-refractivity contribution in [3.05, 3.63) is 11.6 Å². The number of carbonyl (C=O) groups is 1. The van der Waals surface area contributed by atoms with Gasteiger partial charge in [-0.15, -0.1) is 0 Å². The first-order chi connectivity index (χ1) is 36.0. The number of ether oxygens (including phenoxy) is 8. The van der Waals surface area contributed by atoms with Crippen LogP contribution in [0.2, 0.25) is 0 Å². The van der Waals surface area contributed by atoms with Gasteiger partial charge in [-0.2, -0.15) is 0 Å². The van der Waals surface area contributed by atoms with Crippen LogP contribution < -0.4 is 0 Å². The molecule has 442 valence electrons. The Kier molecular flexibility index (Phi) is 16.7. The van der Waals surface area contributed by atoms with Crippen molar-refractivity contribution in [3.63, 3.8) is 0 Å². The largest absolute Gasteiger partial charge is 0.479 e. The molecule has 16 N–H and O–H groups in total. The Morgan fingerprint density at radius 2 is 1.23 bits per heavy atom. The molecule has 8 fully saturated rings. The minimum atomic E-state index is -2.24. The van der Waals surface area contributed by atoms with E-state index in [1.807, 2.05) is 20.8 Å². The van der Waals surface area contributed by atoms with E-state index in [0.29, 0.717) is 32.1 Å². The highest BCUT2D eigenvalue weighted by molar-refractivity contribution is 5.73. The standard InChI is InChI=1S/C52H84O25/c1-47(2)13-21-20-7-8-26-48(3)11-10-28(49(4,18-54)25(48)9-12-50(26,5)51(20,6)14-27(58)52(21,19-55)41(67)40(47)66)73-46-39(77-44-34(64)32(62)31(61)24(15-53)72-44)36(35(65)37(75-46)42(68)69)74-45-38(30(60)23(57)17-71-45)76-43-33(63)29(59)22(56)16-70-43/h7,21-41,43-46,53-67H,8-19H2,1-6H3,(H,68,69)/t21-,22+,23-,24+,25+,26-,27+,28-,29-,30-,31-,32-,33+,34+,35-,36-,37-,38+,39+,40-,41-,43-,44-,45-,46+,48-,49-,50+,51+,52-/m0/s1. The lowest BCUT2D eigenvalue weighted by molar-refractivity contribution is -0.400. The summed E-state index contributed by atoms with van der Waals surface area (Å²) < 4.78 is 48.2. The zero-order valence-electron chi connectivity index (χ0n) is 44.3. The summed E-state index contributed by atoms with van der Waals surface area (Å²) in [5.74, 6) is -2.52. The van der Waals surface area contributed by atoms with E-state index in [2.05, 4.69) is 26.8 Å². The molecule has 9 rings (SSSR count). The molecule has 30 atom stereocenters. The lowest BCUT2D eigenvalue weighted by Crippen LogP contribution is -2.72. The van der Waals surface area contributed by atoms with Gasteiger partial charge in [0.1, 0.15) is 79.4 Å². The number of aliphatic hydroxyl groups is 15. The normalized spacial score (nSPS) is 55.7. The van der Waals surface area contributed by atoms with Gasteiger partial charge in [0.15, 0.2) is 31.3 Å². The molecule has 0 unspecified atom stereocenters. The molecule has 25 nitrogen and oxygen atoms in total. The van der Waals surface area contributed by atoms with Gasteiger partial charge in [-0.25, -0.2) is 4.79 Å². The summed E-state index contributed by atoms with van der Waals surface area (Å²) in [4.78, 5) is 13.1. The highest BCUT2D eigenvalue weighted by Crippen LogP contribution is 2.76. The molecule has 0 spiro atoms. The number of aliphatic hydroxyl groups excluding tert-OH is 15. The number of carboxylic acid groups (broad SMARTS) is 1. The predicted molar refractivity (Wildman–Crippen MR) is 257 cm³/mol. The highest BCUT2D eigenvalue weighted by Gasteiger charge is 2.73. The minimum absolute atomic E-state index is 0.0548. The van der Waals surface area contributed by atoms with Gasteiger partial charge in [-0.1, -0.05) is 53.2 Å². The van der Waals surface area contributed by atoms with Gasteiger partial charge in [-0.05, 0) is 84.4 Å². The Bertz CT molecular complexity index is 2140. The monoisotopic (exact) mass is 1110 g/mol. The van der Waals surface area contributed by atoms with E-state index < -0.39 is 212 Å². The molecule has 0 aromatic heterocycles. The number of hydrogen-bond acceptors (Lipinski definition) is 24. The Balaban J connectivity index is 1.05. The van der Waals surface area contributed by atoms with Crippen molar-refractivity contribution in [2.45, 2.75) is 222 Å². The van der Waals surface area contributed by atoms with E-state index >= 15 is 0 Å². The maximum atomic E-state index is 13.1. The Labute approximate surface area is 445 Å². The second kappa shape index (κ2) is 21.5. The average molecular weight is 1110 g/mol. The molecule has 4 saturated heterocycles. The highest BCUT2D eigenvalue weighted by atomic mass is 16.8. The van der Waals surface area contributed by atoms with Crippen molar-refractivity contribution in [2.24, 2.45) is 50.2 Å². The molecule has 0 amide bonds. The molecule has 77 heavy (non-hydrogen) atoms. The quantitative estimate of drug-likeness (QED) is 0.0649. The van der Waals surface area contributed by atoms with E-state index in [9.17, 15) is 86.5 Å². The van der Waals surface area contributed by atoms with Crippen molar-refractivity contribution in [2.75, 3.05) is 33.0 Å². The third-order valence-electron chi connectivity index (χ3n) is 21.2. The van der Waals surface area contributed by atoms with Crippen molar-refractivity contribution in [1.29, 1.82) is 0 Å². The lowest BCUT2D eigenvalue weighted by atomic mass is 9.33. The molecular weight excluding hydrogens is 1020 g/mol. The van der Waals surface area contributed by atoms with Gasteiger partial charge in [0, 0.05) is 5.41 Å². The fourth-order valence-electron chi connectivity index (χ4n) is 16.3. The van der Waals surface area contributed by atoms with Crippen LogP contribution in [0.15, 0.2) is 11.6 Å². The van der Waals surface area contributed by atoms with Gasteiger partial charge in [0.25, 0.3) is 0 Å². The average Bonchev–Trinajstić information content (AvgIpc) is 3.55. The maximum Gasteiger partial charge on any atom is 0.335 e. The third-order valence-corrected chi connectivity index (χ3v) is 21.2. The first kappa shape index (κ1) is 59.9. The van der Waals surface area contributed by atoms with E-state index in [-0.39, 0.29) is 24.7 Å². The van der Waals surface area contributed by atoms with Crippen LogP contribution in [-0.2, 0) is 42.7 Å². The second-order valence-corrected chi connectivity index (χ2v) is 25.5. The van der Waals surface area contributed by atoms with Crippen LogP contribution >= 0.6 is 0 Å². The lowest BCUT2D eigenvalue weighted by Gasteiger charge is -2.72. The molecule has 4 heterocycles. The van der Waals surface area contributed by atoms with Crippen LogP contribution in [0.3, 0.4) is 0 Å². The van der Waals surface area contributed by atoms with Gasteiger partial charge < -0.3 is 120 Å². The topological polar surface area (TPSA) is 415 Å². The molecule has 4 saturated carbocycles. The van der Waals surface area contributed by atoms with E-state index in [1.54, 1.807) is 0 Å². The van der Waals surface area contributed by atoms with Crippen molar-refractivity contribution >= 4 is 5.97 Å². The van der Waals surface area contributed by atoms with Crippen LogP contribution in [0.25, 0.3) is 0 Å². The molecular formula is C52H84O25. The van der Waals surface area contributed by atoms with Crippen molar-refractivity contribution < 1.29 is 124 Å². The fraction of sp³-hybridized carbons (Fsp3) is 0.942. The molecule has 0 radical (unpaired) electrons. The van der Waals surface area contributed by atoms with Crippen LogP contribution in [0.4, 0.5) is 0 Å². The summed E-state index contributed by atoms with van der Waals surface area (Å²) in [5.41, 5.74) is -3.84. The fourth-order valence-corrected chi connectivity index (χ4v) is 16.3. The molecule has 25 heteroatoms. The molecule has 4 aliphatic heterocycles.